The van der Waals surface area contributed by atoms with Crippen molar-refractivity contribution in [1.29, 1.82) is 0 Å². The Hall–Kier alpha value is -1.92. The number of hydrogen-bond donors (Lipinski definition) is 1. The third-order valence-corrected chi connectivity index (χ3v) is 5.68. The Morgan fingerprint density at radius 2 is 1.56 bits per heavy atom. The third-order valence-electron chi connectivity index (χ3n) is 5.68. The van der Waals surface area contributed by atoms with Gasteiger partial charge in [0, 0.05) is 51.4 Å². The Morgan fingerprint density at radius 3 is 2.11 bits per heavy atom. The Kier molecular flexibility index (Phi) is 6.50. The molecule has 2 aliphatic heterocycles. The number of benzene rings is 1. The second-order valence-electron chi connectivity index (χ2n) is 8.21. The molecule has 2 atom stereocenters. The number of likely N-dealkylation sites (tertiary alicyclic amines) is 1. The first kappa shape index (κ1) is 19.8. The summed E-state index contributed by atoms with van der Waals surface area (Å²) in [5.74, 6) is 1.45. The van der Waals surface area contributed by atoms with Crippen molar-refractivity contribution in [3.05, 3.63) is 35.4 Å². The molecule has 0 aromatic heterocycles. The average molecular weight is 373 g/mol. The molecule has 6 heteroatoms. The van der Waals surface area contributed by atoms with Crippen LogP contribution in [0.3, 0.4) is 0 Å². The van der Waals surface area contributed by atoms with Crippen molar-refractivity contribution >= 4 is 11.8 Å². The number of hydrogen-bond acceptors (Lipinski definition) is 4. The van der Waals surface area contributed by atoms with Crippen molar-refractivity contribution in [3.8, 4) is 0 Å². The lowest BCUT2D eigenvalue weighted by Crippen LogP contribution is -2.53. The lowest BCUT2D eigenvalue weighted by Gasteiger charge is -2.38. The van der Waals surface area contributed by atoms with Gasteiger partial charge in [-0.05, 0) is 36.0 Å². The molecule has 1 aromatic rings. The van der Waals surface area contributed by atoms with E-state index in [1.54, 1.807) is 0 Å². The number of carbonyl (C=O) groups is 2. The summed E-state index contributed by atoms with van der Waals surface area (Å²) in [6, 6.07) is 7.50. The van der Waals surface area contributed by atoms with E-state index in [-0.39, 0.29) is 11.8 Å². The number of piperazine rings is 1. The zero-order valence-electron chi connectivity index (χ0n) is 16.6. The maximum absolute atomic E-state index is 12.6. The summed E-state index contributed by atoms with van der Waals surface area (Å²) in [7, 11) is 0. The highest BCUT2D eigenvalue weighted by atomic mass is 16.2. The van der Waals surface area contributed by atoms with Gasteiger partial charge in [-0.25, -0.2) is 0 Å². The standard InChI is InChI=1S/C21H32N4O2/c1-16-11-17(2)14-25(13-16)20(26)15-23-7-9-24(10-8-23)21(27)19-5-3-18(12-22)4-6-19/h3-6,16-17H,7-15,22H2,1-2H3. The first-order valence-electron chi connectivity index (χ1n) is 10.0. The van der Waals surface area contributed by atoms with Crippen molar-refractivity contribution in [2.24, 2.45) is 17.6 Å². The van der Waals surface area contributed by atoms with Crippen molar-refractivity contribution in [2.45, 2.75) is 26.8 Å². The largest absolute Gasteiger partial charge is 0.341 e. The number of carbonyl (C=O) groups excluding carboxylic acids is 2. The molecule has 0 spiro atoms. The SMILES string of the molecule is CC1CC(C)CN(C(=O)CN2CCN(C(=O)c3ccc(CN)cc3)CC2)C1. The lowest BCUT2D eigenvalue weighted by molar-refractivity contribution is -0.135. The molecule has 3 rings (SSSR count). The van der Waals surface area contributed by atoms with E-state index >= 15 is 0 Å². The van der Waals surface area contributed by atoms with Crippen LogP contribution >= 0.6 is 0 Å². The summed E-state index contributed by atoms with van der Waals surface area (Å²) in [5.41, 5.74) is 7.34. The van der Waals surface area contributed by atoms with Crippen LogP contribution in [0.1, 0.15) is 36.2 Å². The average Bonchev–Trinajstić information content (AvgIpc) is 2.67. The van der Waals surface area contributed by atoms with E-state index in [4.69, 9.17) is 5.73 Å². The van der Waals surface area contributed by atoms with Crippen LogP contribution in [0.4, 0.5) is 0 Å². The van der Waals surface area contributed by atoms with Gasteiger partial charge in [0.25, 0.3) is 5.91 Å². The van der Waals surface area contributed by atoms with Crippen molar-refractivity contribution in [2.75, 3.05) is 45.8 Å². The molecule has 2 N–H and O–H groups in total. The van der Waals surface area contributed by atoms with Crippen LogP contribution in [-0.2, 0) is 11.3 Å². The van der Waals surface area contributed by atoms with Gasteiger partial charge in [-0.15, -0.1) is 0 Å². The van der Waals surface area contributed by atoms with Gasteiger partial charge in [-0.2, -0.15) is 0 Å². The third kappa shape index (κ3) is 5.08. The molecule has 2 amide bonds. The Labute approximate surface area is 162 Å². The fraction of sp³-hybridized carbons (Fsp3) is 0.619. The molecule has 2 fully saturated rings. The molecule has 1 aromatic carbocycles. The van der Waals surface area contributed by atoms with E-state index in [1.165, 1.54) is 6.42 Å². The molecule has 27 heavy (non-hydrogen) atoms. The topological polar surface area (TPSA) is 69.9 Å². The molecule has 0 aliphatic carbocycles. The molecule has 0 bridgehead atoms. The maximum atomic E-state index is 12.6. The highest BCUT2D eigenvalue weighted by Crippen LogP contribution is 2.21. The first-order valence-corrected chi connectivity index (χ1v) is 10.0. The monoisotopic (exact) mass is 372 g/mol. The van der Waals surface area contributed by atoms with Crippen LogP contribution in [-0.4, -0.2) is 72.3 Å². The van der Waals surface area contributed by atoms with Crippen molar-refractivity contribution in [1.82, 2.24) is 14.7 Å². The van der Waals surface area contributed by atoms with E-state index in [1.807, 2.05) is 34.1 Å². The number of piperidine rings is 1. The summed E-state index contributed by atoms with van der Waals surface area (Å²) in [4.78, 5) is 31.4. The van der Waals surface area contributed by atoms with E-state index in [0.29, 0.717) is 43.6 Å². The van der Waals surface area contributed by atoms with Crippen LogP contribution < -0.4 is 5.73 Å². The van der Waals surface area contributed by atoms with Gasteiger partial charge in [-0.1, -0.05) is 26.0 Å². The van der Waals surface area contributed by atoms with Gasteiger partial charge in [0.2, 0.25) is 5.91 Å². The normalized spacial score (nSPS) is 24.1. The quantitative estimate of drug-likeness (QED) is 0.868. The predicted octanol–water partition coefficient (Wildman–Crippen LogP) is 1.41. The highest BCUT2D eigenvalue weighted by Gasteiger charge is 2.28. The minimum absolute atomic E-state index is 0.0585. The summed E-state index contributed by atoms with van der Waals surface area (Å²) in [6.07, 6.45) is 1.21. The molecular weight excluding hydrogens is 340 g/mol. The lowest BCUT2D eigenvalue weighted by atomic mass is 9.92. The van der Waals surface area contributed by atoms with Gasteiger partial charge in [0.15, 0.2) is 0 Å². The molecule has 0 radical (unpaired) electrons. The Morgan fingerprint density at radius 1 is 0.963 bits per heavy atom. The van der Waals surface area contributed by atoms with Crippen LogP contribution in [0.5, 0.6) is 0 Å². The molecule has 2 heterocycles. The van der Waals surface area contributed by atoms with Crippen LogP contribution in [0.2, 0.25) is 0 Å². The van der Waals surface area contributed by atoms with Gasteiger partial charge in [-0.3, -0.25) is 14.5 Å². The van der Waals surface area contributed by atoms with E-state index in [2.05, 4.69) is 18.7 Å². The predicted molar refractivity (Wildman–Crippen MR) is 106 cm³/mol. The minimum Gasteiger partial charge on any atom is -0.341 e. The summed E-state index contributed by atoms with van der Waals surface area (Å²) < 4.78 is 0. The summed E-state index contributed by atoms with van der Waals surface area (Å²) in [5, 5.41) is 0. The van der Waals surface area contributed by atoms with Gasteiger partial charge in [0.05, 0.1) is 6.54 Å². The number of nitrogens with two attached hydrogens (primary N) is 1. The number of amides is 2. The van der Waals surface area contributed by atoms with Crippen LogP contribution in [0, 0.1) is 11.8 Å². The van der Waals surface area contributed by atoms with Crippen molar-refractivity contribution < 1.29 is 9.59 Å². The van der Waals surface area contributed by atoms with Crippen molar-refractivity contribution in [3.63, 3.8) is 0 Å². The van der Waals surface area contributed by atoms with E-state index in [9.17, 15) is 9.59 Å². The molecule has 2 unspecified atom stereocenters. The molecular formula is C21H32N4O2. The van der Waals surface area contributed by atoms with E-state index in [0.717, 1.165) is 31.7 Å². The second-order valence-corrected chi connectivity index (χ2v) is 8.21. The van der Waals surface area contributed by atoms with Gasteiger partial charge in [0.1, 0.15) is 0 Å². The maximum Gasteiger partial charge on any atom is 0.253 e. The minimum atomic E-state index is 0.0585. The van der Waals surface area contributed by atoms with Crippen LogP contribution in [0.25, 0.3) is 0 Å². The zero-order valence-corrected chi connectivity index (χ0v) is 16.6. The molecule has 0 saturated carbocycles. The Balaban J connectivity index is 1.48. The number of nitrogens with zero attached hydrogens (tertiary/aromatic N) is 3. The fourth-order valence-electron chi connectivity index (χ4n) is 4.23. The molecule has 6 nitrogen and oxygen atoms in total. The first-order chi connectivity index (χ1) is 13.0. The smallest absolute Gasteiger partial charge is 0.253 e. The van der Waals surface area contributed by atoms with Gasteiger partial charge < -0.3 is 15.5 Å². The summed E-state index contributed by atoms with van der Waals surface area (Å²) in [6.45, 7) is 9.97. The molecule has 148 valence electrons. The van der Waals surface area contributed by atoms with Gasteiger partial charge >= 0.3 is 0 Å². The zero-order chi connectivity index (χ0) is 19.4. The summed E-state index contributed by atoms with van der Waals surface area (Å²) >= 11 is 0. The fourth-order valence-corrected chi connectivity index (χ4v) is 4.23. The number of rotatable bonds is 4. The highest BCUT2D eigenvalue weighted by molar-refractivity contribution is 5.94. The van der Waals surface area contributed by atoms with E-state index < -0.39 is 0 Å². The second kappa shape index (κ2) is 8.85. The van der Waals surface area contributed by atoms with Crippen LogP contribution in [0.15, 0.2) is 24.3 Å². The molecule has 2 aliphatic rings. The molecule has 2 saturated heterocycles. The Bertz CT molecular complexity index is 643.